The summed E-state index contributed by atoms with van der Waals surface area (Å²) in [4.78, 5) is 14.7. The van der Waals surface area contributed by atoms with E-state index < -0.39 is 0 Å². The summed E-state index contributed by atoms with van der Waals surface area (Å²) >= 11 is 0. The number of nitrogens with zero attached hydrogens (tertiary/aromatic N) is 1. The van der Waals surface area contributed by atoms with Gasteiger partial charge in [-0.2, -0.15) is 0 Å². The van der Waals surface area contributed by atoms with E-state index in [0.717, 1.165) is 25.8 Å². The van der Waals surface area contributed by atoms with Crippen molar-refractivity contribution < 1.29 is 4.79 Å². The molecule has 1 amide bonds. The Bertz CT molecular complexity index is 266. The van der Waals surface area contributed by atoms with E-state index in [-0.39, 0.29) is 11.3 Å². The van der Waals surface area contributed by atoms with Gasteiger partial charge in [-0.25, -0.2) is 0 Å². The third kappa shape index (κ3) is 4.97. The number of rotatable bonds is 7. The second kappa shape index (κ2) is 6.55. The Morgan fingerprint density at radius 2 is 2.00 bits per heavy atom. The molecule has 1 atom stereocenters. The summed E-state index contributed by atoms with van der Waals surface area (Å²) in [5.41, 5.74) is 5.99. The van der Waals surface area contributed by atoms with Crippen LogP contribution in [0.25, 0.3) is 0 Å². The summed E-state index contributed by atoms with van der Waals surface area (Å²) in [5, 5.41) is 0. The first-order valence-corrected chi connectivity index (χ1v) is 7.39. The summed E-state index contributed by atoms with van der Waals surface area (Å²) in [5.74, 6) is 0.297. The molecule has 1 saturated carbocycles. The molecule has 1 fully saturated rings. The maximum atomic E-state index is 12.6. The van der Waals surface area contributed by atoms with Crippen molar-refractivity contribution in [2.45, 2.75) is 65.8 Å². The average Bonchev–Trinajstić information content (AvgIpc) is 3.09. The van der Waals surface area contributed by atoms with Crippen molar-refractivity contribution in [2.75, 3.05) is 13.1 Å². The number of carbonyl (C=O) groups is 1. The molecule has 1 rings (SSSR count). The molecule has 0 radical (unpaired) electrons. The zero-order valence-corrected chi connectivity index (χ0v) is 12.5. The van der Waals surface area contributed by atoms with Gasteiger partial charge in [0.1, 0.15) is 0 Å². The standard InChI is InChI=1S/C15H30N2O/c1-5-6-9-17(13-7-8-13)14(18)12(11-16)10-15(2,3)4/h12-13H,5-11,16H2,1-4H3. The van der Waals surface area contributed by atoms with Gasteiger partial charge in [-0.15, -0.1) is 0 Å². The average molecular weight is 254 g/mol. The van der Waals surface area contributed by atoms with Gasteiger partial charge in [0.05, 0.1) is 5.92 Å². The first kappa shape index (κ1) is 15.5. The summed E-state index contributed by atoms with van der Waals surface area (Å²) in [6, 6.07) is 0.512. The monoisotopic (exact) mass is 254 g/mol. The van der Waals surface area contributed by atoms with E-state index in [9.17, 15) is 4.79 Å². The molecule has 0 aromatic rings. The Morgan fingerprint density at radius 3 is 2.39 bits per heavy atom. The fourth-order valence-corrected chi connectivity index (χ4v) is 2.43. The van der Waals surface area contributed by atoms with Crippen LogP contribution in [0.4, 0.5) is 0 Å². The zero-order chi connectivity index (χ0) is 13.8. The van der Waals surface area contributed by atoms with Crippen LogP contribution in [0.5, 0.6) is 0 Å². The number of amides is 1. The van der Waals surface area contributed by atoms with Gasteiger partial charge in [-0.1, -0.05) is 34.1 Å². The fraction of sp³-hybridized carbons (Fsp3) is 0.933. The van der Waals surface area contributed by atoms with Gasteiger partial charge in [0, 0.05) is 19.1 Å². The van der Waals surface area contributed by atoms with E-state index in [1.807, 2.05) is 0 Å². The lowest BCUT2D eigenvalue weighted by Gasteiger charge is -2.30. The number of nitrogens with two attached hydrogens (primary N) is 1. The maximum Gasteiger partial charge on any atom is 0.227 e. The summed E-state index contributed by atoms with van der Waals surface area (Å²) in [6.07, 6.45) is 5.50. The Balaban J connectivity index is 2.61. The Kier molecular flexibility index (Phi) is 5.64. The molecule has 3 heteroatoms. The van der Waals surface area contributed by atoms with Crippen molar-refractivity contribution in [1.82, 2.24) is 4.90 Å². The van der Waals surface area contributed by atoms with E-state index in [0.29, 0.717) is 18.5 Å². The highest BCUT2D eigenvalue weighted by Gasteiger charge is 2.36. The van der Waals surface area contributed by atoms with Gasteiger partial charge in [-0.05, 0) is 31.1 Å². The Morgan fingerprint density at radius 1 is 1.39 bits per heavy atom. The van der Waals surface area contributed by atoms with Crippen molar-refractivity contribution in [3.63, 3.8) is 0 Å². The van der Waals surface area contributed by atoms with Crippen LogP contribution >= 0.6 is 0 Å². The summed E-state index contributed by atoms with van der Waals surface area (Å²) < 4.78 is 0. The minimum atomic E-state index is 0.00227. The van der Waals surface area contributed by atoms with Crippen LogP contribution in [0.2, 0.25) is 0 Å². The minimum Gasteiger partial charge on any atom is -0.339 e. The fourth-order valence-electron chi connectivity index (χ4n) is 2.43. The largest absolute Gasteiger partial charge is 0.339 e. The number of unbranched alkanes of at least 4 members (excludes halogenated alkanes) is 1. The summed E-state index contributed by atoms with van der Waals surface area (Å²) in [7, 11) is 0. The molecule has 1 unspecified atom stereocenters. The van der Waals surface area contributed by atoms with Crippen LogP contribution in [0.15, 0.2) is 0 Å². The lowest BCUT2D eigenvalue weighted by atomic mass is 9.84. The highest BCUT2D eigenvalue weighted by atomic mass is 16.2. The SMILES string of the molecule is CCCCN(C(=O)C(CN)CC(C)(C)C)C1CC1. The van der Waals surface area contributed by atoms with Crippen molar-refractivity contribution in [3.05, 3.63) is 0 Å². The second-order valence-electron chi connectivity index (χ2n) is 6.81. The number of carbonyl (C=O) groups excluding carboxylic acids is 1. The molecule has 0 aliphatic heterocycles. The molecule has 0 saturated heterocycles. The van der Waals surface area contributed by atoms with Crippen LogP contribution in [0, 0.1) is 11.3 Å². The molecular formula is C15H30N2O. The molecule has 106 valence electrons. The van der Waals surface area contributed by atoms with Crippen molar-refractivity contribution in [2.24, 2.45) is 17.1 Å². The lowest BCUT2D eigenvalue weighted by Crippen LogP contribution is -2.42. The smallest absolute Gasteiger partial charge is 0.227 e. The van der Waals surface area contributed by atoms with Crippen molar-refractivity contribution in [3.8, 4) is 0 Å². The van der Waals surface area contributed by atoms with Gasteiger partial charge < -0.3 is 10.6 Å². The highest BCUT2D eigenvalue weighted by molar-refractivity contribution is 5.79. The van der Waals surface area contributed by atoms with E-state index in [1.54, 1.807) is 0 Å². The predicted octanol–water partition coefficient (Wildman–Crippen LogP) is 2.79. The minimum absolute atomic E-state index is 0.00227. The van der Waals surface area contributed by atoms with Crippen LogP contribution in [0.1, 0.15) is 59.8 Å². The summed E-state index contributed by atoms with van der Waals surface area (Å²) in [6.45, 7) is 10.1. The maximum absolute atomic E-state index is 12.6. The third-order valence-corrected chi connectivity index (χ3v) is 3.52. The van der Waals surface area contributed by atoms with Crippen LogP contribution in [-0.2, 0) is 4.79 Å². The quantitative estimate of drug-likeness (QED) is 0.759. The topological polar surface area (TPSA) is 46.3 Å². The van der Waals surface area contributed by atoms with Gasteiger partial charge in [0.15, 0.2) is 0 Å². The molecule has 0 aromatic carbocycles. The van der Waals surface area contributed by atoms with Gasteiger partial charge in [0.2, 0.25) is 5.91 Å². The number of hydrogen-bond donors (Lipinski definition) is 1. The number of hydrogen-bond acceptors (Lipinski definition) is 2. The van der Waals surface area contributed by atoms with E-state index in [1.165, 1.54) is 12.8 Å². The molecule has 2 N–H and O–H groups in total. The molecule has 18 heavy (non-hydrogen) atoms. The van der Waals surface area contributed by atoms with Gasteiger partial charge in [0.25, 0.3) is 0 Å². The van der Waals surface area contributed by atoms with Crippen molar-refractivity contribution in [1.29, 1.82) is 0 Å². The Labute approximate surface area is 112 Å². The van der Waals surface area contributed by atoms with Crippen LogP contribution < -0.4 is 5.73 Å². The molecule has 1 aliphatic rings. The second-order valence-corrected chi connectivity index (χ2v) is 6.81. The molecule has 1 aliphatic carbocycles. The van der Waals surface area contributed by atoms with Gasteiger partial charge >= 0.3 is 0 Å². The normalized spacial score (nSPS) is 17.6. The molecule has 0 bridgehead atoms. The molecule has 0 spiro atoms. The predicted molar refractivity (Wildman–Crippen MR) is 76.3 cm³/mol. The highest BCUT2D eigenvalue weighted by Crippen LogP contribution is 2.31. The zero-order valence-electron chi connectivity index (χ0n) is 12.5. The molecule has 0 heterocycles. The van der Waals surface area contributed by atoms with Gasteiger partial charge in [-0.3, -0.25) is 4.79 Å². The third-order valence-electron chi connectivity index (χ3n) is 3.52. The van der Waals surface area contributed by atoms with E-state index in [2.05, 4.69) is 32.6 Å². The lowest BCUT2D eigenvalue weighted by molar-refractivity contribution is -0.136. The first-order valence-electron chi connectivity index (χ1n) is 7.39. The van der Waals surface area contributed by atoms with E-state index in [4.69, 9.17) is 5.73 Å². The van der Waals surface area contributed by atoms with Crippen LogP contribution in [0.3, 0.4) is 0 Å². The molecule has 3 nitrogen and oxygen atoms in total. The van der Waals surface area contributed by atoms with Crippen LogP contribution in [-0.4, -0.2) is 29.9 Å². The van der Waals surface area contributed by atoms with Crippen molar-refractivity contribution >= 4 is 5.91 Å². The molecular weight excluding hydrogens is 224 g/mol. The first-order chi connectivity index (χ1) is 8.39. The Hall–Kier alpha value is -0.570. The van der Waals surface area contributed by atoms with E-state index >= 15 is 0 Å². The molecule has 0 aromatic heterocycles.